The highest BCUT2D eigenvalue weighted by atomic mass is 19.1. The van der Waals surface area contributed by atoms with E-state index in [0.29, 0.717) is 37.7 Å². The Bertz CT molecular complexity index is 519. The molecule has 1 unspecified atom stereocenters. The van der Waals surface area contributed by atoms with Crippen LogP contribution in [0.4, 0.5) is 10.1 Å². The minimum atomic E-state index is -0.792. The normalized spacial score (nSPS) is 18.7. The highest BCUT2D eigenvalue weighted by Gasteiger charge is 2.26. The molecule has 0 bridgehead atoms. The molecule has 122 valence electrons. The van der Waals surface area contributed by atoms with Crippen molar-refractivity contribution in [3.05, 3.63) is 29.6 Å². The number of carbonyl (C=O) groups is 1. The lowest BCUT2D eigenvalue weighted by molar-refractivity contribution is -0.141. The second kappa shape index (κ2) is 7.58. The van der Waals surface area contributed by atoms with E-state index in [2.05, 4.69) is 19.2 Å². The molecule has 2 rings (SSSR count). The lowest BCUT2D eigenvalue weighted by Gasteiger charge is -2.33. The van der Waals surface area contributed by atoms with Gasteiger partial charge < -0.3 is 15.3 Å². The maximum absolute atomic E-state index is 14.1. The number of carboxylic acid groups (broad SMARTS) is 1. The molecule has 1 aliphatic heterocycles. The third-order valence-corrected chi connectivity index (χ3v) is 4.00. The van der Waals surface area contributed by atoms with Crippen molar-refractivity contribution in [2.45, 2.75) is 33.2 Å². The molecule has 22 heavy (non-hydrogen) atoms. The zero-order chi connectivity index (χ0) is 16.1. The Kier molecular flexibility index (Phi) is 5.77. The average Bonchev–Trinajstić information content (AvgIpc) is 2.48. The van der Waals surface area contributed by atoms with Crippen molar-refractivity contribution in [3.8, 4) is 0 Å². The van der Waals surface area contributed by atoms with Crippen molar-refractivity contribution in [1.29, 1.82) is 0 Å². The van der Waals surface area contributed by atoms with Crippen LogP contribution in [0.25, 0.3) is 0 Å². The van der Waals surface area contributed by atoms with Gasteiger partial charge in [-0.25, -0.2) is 4.39 Å². The van der Waals surface area contributed by atoms with Crippen molar-refractivity contribution in [3.63, 3.8) is 0 Å². The Morgan fingerprint density at radius 3 is 2.95 bits per heavy atom. The lowest BCUT2D eigenvalue weighted by atomic mass is 9.97. The molecule has 0 amide bonds. The van der Waals surface area contributed by atoms with Gasteiger partial charge in [0.1, 0.15) is 5.82 Å². The zero-order valence-electron chi connectivity index (χ0n) is 13.3. The molecule has 0 aromatic heterocycles. The molecule has 0 aliphatic carbocycles. The molecule has 4 nitrogen and oxygen atoms in total. The van der Waals surface area contributed by atoms with Gasteiger partial charge in [-0.3, -0.25) is 4.79 Å². The average molecular weight is 308 g/mol. The summed E-state index contributed by atoms with van der Waals surface area (Å²) in [5.41, 5.74) is 1.55. The number of rotatable bonds is 6. The van der Waals surface area contributed by atoms with Gasteiger partial charge in [0.15, 0.2) is 0 Å². The fourth-order valence-electron chi connectivity index (χ4n) is 2.81. The summed E-state index contributed by atoms with van der Waals surface area (Å²) in [4.78, 5) is 13.0. The Balaban J connectivity index is 2.07. The van der Waals surface area contributed by atoms with E-state index in [1.54, 1.807) is 6.07 Å². The van der Waals surface area contributed by atoms with Crippen molar-refractivity contribution in [1.82, 2.24) is 5.32 Å². The molecule has 1 aliphatic rings. The molecule has 1 aromatic rings. The molecule has 0 radical (unpaired) electrons. The Morgan fingerprint density at radius 2 is 2.27 bits per heavy atom. The number of nitrogens with one attached hydrogen (secondary N) is 1. The molecule has 5 heteroatoms. The molecule has 1 fully saturated rings. The maximum Gasteiger partial charge on any atom is 0.308 e. The number of halogens is 1. The first-order valence-corrected chi connectivity index (χ1v) is 7.94. The summed E-state index contributed by atoms with van der Waals surface area (Å²) in [7, 11) is 0. The first kappa shape index (κ1) is 16.7. The number of anilines is 1. The number of aliphatic carboxylic acids is 1. The van der Waals surface area contributed by atoms with Gasteiger partial charge in [-0.2, -0.15) is 0 Å². The number of hydrogen-bond donors (Lipinski definition) is 2. The SMILES string of the molecule is CC(C)CNCc1ccc(F)c(N2CCCC(C(=O)O)C2)c1. The minimum absolute atomic E-state index is 0.279. The summed E-state index contributed by atoms with van der Waals surface area (Å²) in [6, 6.07) is 5.10. The van der Waals surface area contributed by atoms with Gasteiger partial charge in [-0.05, 0) is 43.0 Å². The fourth-order valence-corrected chi connectivity index (χ4v) is 2.81. The van der Waals surface area contributed by atoms with E-state index in [4.69, 9.17) is 5.11 Å². The van der Waals surface area contributed by atoms with E-state index >= 15 is 0 Å². The summed E-state index contributed by atoms with van der Waals surface area (Å²) in [6.07, 6.45) is 1.45. The third kappa shape index (κ3) is 4.44. The molecule has 0 saturated carbocycles. The summed E-state index contributed by atoms with van der Waals surface area (Å²) < 4.78 is 14.1. The van der Waals surface area contributed by atoms with Gasteiger partial charge in [-0.15, -0.1) is 0 Å². The van der Waals surface area contributed by atoms with Crippen LogP contribution in [0, 0.1) is 17.7 Å². The Morgan fingerprint density at radius 1 is 1.50 bits per heavy atom. The van der Waals surface area contributed by atoms with Gasteiger partial charge in [0, 0.05) is 19.6 Å². The van der Waals surface area contributed by atoms with Crippen LogP contribution in [0.1, 0.15) is 32.3 Å². The zero-order valence-corrected chi connectivity index (χ0v) is 13.3. The van der Waals surface area contributed by atoms with Crippen molar-refractivity contribution in [2.75, 3.05) is 24.5 Å². The van der Waals surface area contributed by atoms with E-state index in [9.17, 15) is 9.18 Å². The first-order valence-electron chi connectivity index (χ1n) is 7.94. The topological polar surface area (TPSA) is 52.6 Å². The predicted molar refractivity (Wildman–Crippen MR) is 85.5 cm³/mol. The van der Waals surface area contributed by atoms with E-state index in [1.807, 2.05) is 11.0 Å². The highest BCUT2D eigenvalue weighted by molar-refractivity contribution is 5.71. The first-order chi connectivity index (χ1) is 10.5. The summed E-state index contributed by atoms with van der Waals surface area (Å²) >= 11 is 0. The maximum atomic E-state index is 14.1. The largest absolute Gasteiger partial charge is 0.481 e. The number of hydrogen-bond acceptors (Lipinski definition) is 3. The monoisotopic (exact) mass is 308 g/mol. The molecule has 0 spiro atoms. The van der Waals surface area contributed by atoms with Crippen LogP contribution in [0.3, 0.4) is 0 Å². The van der Waals surface area contributed by atoms with Crippen LogP contribution in [-0.4, -0.2) is 30.7 Å². The summed E-state index contributed by atoms with van der Waals surface area (Å²) in [5, 5.41) is 12.5. The number of benzene rings is 1. The smallest absolute Gasteiger partial charge is 0.308 e. The lowest BCUT2D eigenvalue weighted by Crippen LogP contribution is -2.39. The van der Waals surface area contributed by atoms with Crippen LogP contribution in [0.2, 0.25) is 0 Å². The summed E-state index contributed by atoms with van der Waals surface area (Å²) in [5.74, 6) is -0.910. The van der Waals surface area contributed by atoms with E-state index in [-0.39, 0.29) is 5.82 Å². The Labute approximate surface area is 131 Å². The fraction of sp³-hybridized carbons (Fsp3) is 0.588. The van der Waals surface area contributed by atoms with Crippen LogP contribution in [0.15, 0.2) is 18.2 Å². The quantitative estimate of drug-likeness (QED) is 0.848. The molecular formula is C17H25FN2O2. The van der Waals surface area contributed by atoms with Crippen LogP contribution < -0.4 is 10.2 Å². The van der Waals surface area contributed by atoms with Gasteiger partial charge >= 0.3 is 5.97 Å². The standard InChI is InChI=1S/C17H25FN2O2/c1-12(2)9-19-10-13-5-6-15(18)16(8-13)20-7-3-4-14(11-20)17(21)22/h5-6,8,12,14,19H,3-4,7,9-11H2,1-2H3,(H,21,22). The second-order valence-corrected chi connectivity index (χ2v) is 6.43. The molecule has 1 atom stereocenters. The minimum Gasteiger partial charge on any atom is -0.481 e. The number of nitrogens with zero attached hydrogens (tertiary/aromatic N) is 1. The van der Waals surface area contributed by atoms with E-state index in [0.717, 1.165) is 18.5 Å². The van der Waals surface area contributed by atoms with E-state index in [1.165, 1.54) is 6.07 Å². The van der Waals surface area contributed by atoms with Gasteiger partial charge in [-0.1, -0.05) is 19.9 Å². The Hall–Kier alpha value is -1.62. The van der Waals surface area contributed by atoms with Crippen LogP contribution in [-0.2, 0) is 11.3 Å². The van der Waals surface area contributed by atoms with Crippen LogP contribution >= 0.6 is 0 Å². The van der Waals surface area contributed by atoms with Crippen molar-refractivity contribution in [2.24, 2.45) is 11.8 Å². The molecule has 1 heterocycles. The van der Waals surface area contributed by atoms with Crippen molar-refractivity contribution >= 4 is 11.7 Å². The second-order valence-electron chi connectivity index (χ2n) is 6.43. The van der Waals surface area contributed by atoms with Crippen molar-refractivity contribution < 1.29 is 14.3 Å². The van der Waals surface area contributed by atoms with E-state index < -0.39 is 11.9 Å². The summed E-state index contributed by atoms with van der Waals surface area (Å²) in [6.45, 7) is 6.99. The highest BCUT2D eigenvalue weighted by Crippen LogP contribution is 2.27. The molecule has 2 N–H and O–H groups in total. The van der Waals surface area contributed by atoms with Gasteiger partial charge in [0.2, 0.25) is 0 Å². The third-order valence-electron chi connectivity index (χ3n) is 4.00. The van der Waals surface area contributed by atoms with Crippen LogP contribution in [0.5, 0.6) is 0 Å². The number of carboxylic acids is 1. The number of piperidine rings is 1. The van der Waals surface area contributed by atoms with Gasteiger partial charge in [0.25, 0.3) is 0 Å². The molecule has 1 saturated heterocycles. The predicted octanol–water partition coefficient (Wildman–Crippen LogP) is 2.87. The molecule has 1 aromatic carbocycles. The van der Waals surface area contributed by atoms with Gasteiger partial charge in [0.05, 0.1) is 11.6 Å². The molecular weight excluding hydrogens is 283 g/mol.